The molecule has 0 aliphatic rings. The van der Waals surface area contributed by atoms with Crippen molar-refractivity contribution in [2.75, 3.05) is 7.11 Å². The molecule has 0 amide bonds. The molecule has 0 unspecified atom stereocenters. The van der Waals surface area contributed by atoms with Crippen molar-refractivity contribution in [2.24, 2.45) is 5.73 Å². The molecular weight excluding hydrogens is 254 g/mol. The lowest BCUT2D eigenvalue weighted by Gasteiger charge is -2.11. The fraction of sp³-hybridized carbons (Fsp3) is 0.400. The van der Waals surface area contributed by atoms with Crippen LogP contribution in [0.2, 0.25) is 5.02 Å². The Morgan fingerprint density at radius 2 is 2.29 bits per heavy atom. The van der Waals surface area contributed by atoms with Crippen LogP contribution in [0.5, 0.6) is 0 Å². The molecule has 4 nitrogen and oxygen atoms in total. The van der Waals surface area contributed by atoms with E-state index in [2.05, 4.69) is 9.72 Å². The zero-order valence-electron chi connectivity index (χ0n) is 9.04. The lowest BCUT2D eigenvalue weighted by Crippen LogP contribution is -2.11. The van der Waals surface area contributed by atoms with Gasteiger partial charge < -0.3 is 10.5 Å². The van der Waals surface area contributed by atoms with Gasteiger partial charge in [-0.05, 0) is 5.56 Å². The molecule has 0 spiro atoms. The Bertz CT molecular complexity index is 427. The van der Waals surface area contributed by atoms with Crippen molar-refractivity contribution in [3.05, 3.63) is 28.0 Å². The molecule has 0 radical (unpaired) electrons. The van der Waals surface area contributed by atoms with Crippen molar-refractivity contribution in [1.82, 2.24) is 4.98 Å². The Morgan fingerprint density at radius 3 is 2.76 bits per heavy atom. The summed E-state index contributed by atoms with van der Waals surface area (Å²) < 4.78 is 30.0. The van der Waals surface area contributed by atoms with E-state index in [0.717, 1.165) is 0 Å². The number of nitrogens with zero attached hydrogens (tertiary/aromatic N) is 1. The number of pyridine rings is 1. The maximum absolute atomic E-state index is 12.8. The minimum Gasteiger partial charge on any atom is -0.469 e. The maximum Gasteiger partial charge on any atom is 0.311 e. The first-order chi connectivity index (χ1) is 8.01. The summed E-state index contributed by atoms with van der Waals surface area (Å²) in [6.07, 6.45) is -1.81. The number of halogens is 3. The van der Waals surface area contributed by atoms with Gasteiger partial charge in [0.15, 0.2) is 0 Å². The normalized spacial score (nSPS) is 10.7. The summed E-state index contributed by atoms with van der Waals surface area (Å²) in [6, 6.07) is 0. The van der Waals surface area contributed by atoms with Crippen molar-refractivity contribution in [2.45, 2.75) is 19.4 Å². The summed E-state index contributed by atoms with van der Waals surface area (Å²) in [5, 5.41) is -0.228. The number of rotatable bonds is 4. The fourth-order valence-electron chi connectivity index (χ4n) is 1.31. The summed E-state index contributed by atoms with van der Waals surface area (Å²) in [4.78, 5) is 14.9. The van der Waals surface area contributed by atoms with Crippen LogP contribution in [0.1, 0.15) is 23.2 Å². The van der Waals surface area contributed by atoms with Crippen LogP contribution in [0.15, 0.2) is 6.20 Å². The number of hydrogen-bond acceptors (Lipinski definition) is 4. The van der Waals surface area contributed by atoms with Gasteiger partial charge in [0.25, 0.3) is 6.43 Å². The van der Waals surface area contributed by atoms with E-state index in [0.29, 0.717) is 0 Å². The van der Waals surface area contributed by atoms with E-state index in [1.807, 2.05) is 0 Å². The van der Waals surface area contributed by atoms with E-state index in [1.54, 1.807) is 0 Å². The van der Waals surface area contributed by atoms with Crippen LogP contribution in [-0.4, -0.2) is 18.1 Å². The molecule has 7 heteroatoms. The van der Waals surface area contributed by atoms with Gasteiger partial charge in [-0.1, -0.05) is 11.6 Å². The molecule has 0 aromatic carbocycles. The number of nitrogens with two attached hydrogens (primary N) is 1. The van der Waals surface area contributed by atoms with Gasteiger partial charge in [0.05, 0.1) is 24.2 Å². The molecule has 0 bridgehead atoms. The molecule has 2 N–H and O–H groups in total. The third-order valence-electron chi connectivity index (χ3n) is 2.19. The van der Waals surface area contributed by atoms with Gasteiger partial charge in [-0.2, -0.15) is 0 Å². The van der Waals surface area contributed by atoms with Crippen LogP contribution in [0.4, 0.5) is 8.78 Å². The molecule has 94 valence electrons. The zero-order chi connectivity index (χ0) is 13.0. The van der Waals surface area contributed by atoms with Crippen molar-refractivity contribution in [1.29, 1.82) is 0 Å². The summed E-state index contributed by atoms with van der Waals surface area (Å²) in [5.41, 5.74) is 5.17. The summed E-state index contributed by atoms with van der Waals surface area (Å²) in [7, 11) is 1.19. The second-order valence-electron chi connectivity index (χ2n) is 3.22. The molecule has 0 aliphatic heterocycles. The molecule has 0 fully saturated rings. The smallest absolute Gasteiger partial charge is 0.311 e. The van der Waals surface area contributed by atoms with Gasteiger partial charge in [0, 0.05) is 18.3 Å². The first-order valence-electron chi connectivity index (χ1n) is 4.72. The van der Waals surface area contributed by atoms with Crippen LogP contribution in [0.25, 0.3) is 0 Å². The third-order valence-corrected chi connectivity index (χ3v) is 2.61. The Balaban J connectivity index is 3.18. The molecule has 0 atom stereocenters. The number of carbonyl (C=O) groups excluding carboxylic acids is 1. The van der Waals surface area contributed by atoms with Gasteiger partial charge >= 0.3 is 5.97 Å². The molecule has 1 rings (SSSR count). The lowest BCUT2D eigenvalue weighted by atomic mass is 10.1. The van der Waals surface area contributed by atoms with Crippen LogP contribution < -0.4 is 5.73 Å². The molecule has 1 heterocycles. The minimum absolute atomic E-state index is 0.0611. The Hall–Kier alpha value is -1.27. The van der Waals surface area contributed by atoms with E-state index in [-0.39, 0.29) is 34.8 Å². The molecule has 1 aromatic heterocycles. The van der Waals surface area contributed by atoms with Gasteiger partial charge in [0.1, 0.15) is 0 Å². The number of methoxy groups -OCH3 is 1. The molecule has 0 aliphatic carbocycles. The van der Waals surface area contributed by atoms with Crippen molar-refractivity contribution in [3.63, 3.8) is 0 Å². The highest BCUT2D eigenvalue weighted by Crippen LogP contribution is 2.32. The number of hydrogen-bond donors (Lipinski definition) is 1. The van der Waals surface area contributed by atoms with Crippen LogP contribution in [-0.2, 0) is 22.5 Å². The van der Waals surface area contributed by atoms with E-state index >= 15 is 0 Å². The summed E-state index contributed by atoms with van der Waals surface area (Å²) in [6.45, 7) is -0.0924. The van der Waals surface area contributed by atoms with Crippen LogP contribution in [0, 0.1) is 0 Å². The van der Waals surface area contributed by atoms with Gasteiger partial charge in [-0.25, -0.2) is 8.78 Å². The largest absolute Gasteiger partial charge is 0.469 e. The van der Waals surface area contributed by atoms with E-state index < -0.39 is 12.4 Å². The first kappa shape index (κ1) is 13.8. The van der Waals surface area contributed by atoms with Gasteiger partial charge in [-0.15, -0.1) is 0 Å². The Labute approximate surface area is 102 Å². The van der Waals surface area contributed by atoms with Crippen molar-refractivity contribution < 1.29 is 18.3 Å². The maximum atomic E-state index is 12.8. The van der Waals surface area contributed by atoms with Gasteiger partial charge in [0.2, 0.25) is 0 Å². The SMILES string of the molecule is COC(=O)Cc1ncc(CN)c(C(F)F)c1Cl. The second-order valence-corrected chi connectivity index (χ2v) is 3.59. The number of esters is 1. The predicted molar refractivity (Wildman–Crippen MR) is 57.8 cm³/mol. The predicted octanol–water partition coefficient (Wildman–Crippen LogP) is 1.85. The summed E-state index contributed by atoms with van der Waals surface area (Å²) in [5.74, 6) is -0.597. The lowest BCUT2D eigenvalue weighted by molar-refractivity contribution is -0.139. The number of ether oxygens (including phenoxy) is 1. The molecule has 17 heavy (non-hydrogen) atoms. The van der Waals surface area contributed by atoms with Gasteiger partial charge in [-0.3, -0.25) is 9.78 Å². The Morgan fingerprint density at radius 1 is 1.65 bits per heavy atom. The van der Waals surface area contributed by atoms with Crippen molar-refractivity contribution >= 4 is 17.6 Å². The number of carbonyl (C=O) groups is 1. The van der Waals surface area contributed by atoms with Crippen LogP contribution >= 0.6 is 11.6 Å². The Kier molecular flexibility index (Phi) is 4.77. The molecular formula is C10H11ClF2N2O2. The summed E-state index contributed by atoms with van der Waals surface area (Å²) >= 11 is 5.78. The highest BCUT2D eigenvalue weighted by atomic mass is 35.5. The number of alkyl halides is 2. The topological polar surface area (TPSA) is 65.2 Å². The first-order valence-corrected chi connectivity index (χ1v) is 5.10. The van der Waals surface area contributed by atoms with E-state index in [4.69, 9.17) is 17.3 Å². The average Bonchev–Trinajstić information content (AvgIpc) is 2.30. The second kappa shape index (κ2) is 5.88. The van der Waals surface area contributed by atoms with E-state index in [9.17, 15) is 13.6 Å². The van der Waals surface area contributed by atoms with Crippen molar-refractivity contribution in [3.8, 4) is 0 Å². The van der Waals surface area contributed by atoms with Crippen LogP contribution in [0.3, 0.4) is 0 Å². The average molecular weight is 265 g/mol. The standard InChI is InChI=1S/C10H11ClF2N2O2/c1-17-7(16)2-6-9(11)8(10(12)13)5(3-14)4-15-6/h4,10H,2-3,14H2,1H3. The highest BCUT2D eigenvalue weighted by molar-refractivity contribution is 6.32. The molecule has 1 aromatic rings. The third kappa shape index (κ3) is 3.10. The minimum atomic E-state index is -2.76. The molecule has 0 saturated heterocycles. The fourth-order valence-corrected chi connectivity index (χ4v) is 1.63. The quantitative estimate of drug-likeness (QED) is 0.843. The monoisotopic (exact) mass is 264 g/mol. The molecule has 0 saturated carbocycles. The highest BCUT2D eigenvalue weighted by Gasteiger charge is 2.21. The van der Waals surface area contributed by atoms with E-state index in [1.165, 1.54) is 13.3 Å². The number of aromatic nitrogens is 1. The zero-order valence-corrected chi connectivity index (χ0v) is 9.80.